The van der Waals surface area contributed by atoms with Gasteiger partial charge < -0.3 is 16.0 Å². The summed E-state index contributed by atoms with van der Waals surface area (Å²) >= 11 is 1.61. The van der Waals surface area contributed by atoms with E-state index in [0.29, 0.717) is 5.56 Å². The van der Waals surface area contributed by atoms with Gasteiger partial charge in [0, 0.05) is 15.7 Å². The minimum Gasteiger partial charge on any atom is -0.409 e. The van der Waals surface area contributed by atoms with Crippen molar-refractivity contribution in [3.63, 3.8) is 0 Å². The second-order valence-corrected chi connectivity index (χ2v) is 5.73. The molecular formula is C14H16N2O2S. The molecule has 1 atom stereocenters. The Bertz CT molecular complexity index is 613. The highest BCUT2D eigenvalue weighted by Gasteiger charge is 2.11. The van der Waals surface area contributed by atoms with Gasteiger partial charge in [-0.1, -0.05) is 36.3 Å². The molecule has 2 aromatic carbocycles. The van der Waals surface area contributed by atoms with E-state index >= 15 is 0 Å². The third kappa shape index (κ3) is 2.83. The van der Waals surface area contributed by atoms with E-state index in [0.717, 1.165) is 15.7 Å². The minimum atomic E-state index is 0.1000. The van der Waals surface area contributed by atoms with Crippen molar-refractivity contribution in [1.29, 1.82) is 0 Å². The van der Waals surface area contributed by atoms with Crippen molar-refractivity contribution in [2.45, 2.75) is 17.1 Å². The highest BCUT2D eigenvalue weighted by molar-refractivity contribution is 8.00. The first-order chi connectivity index (χ1) is 9.17. The maximum absolute atomic E-state index is 9.16. The van der Waals surface area contributed by atoms with E-state index in [1.54, 1.807) is 11.8 Å². The molecule has 0 bridgehead atoms. The van der Waals surface area contributed by atoms with Gasteiger partial charge in [-0.2, -0.15) is 0 Å². The number of hydrogen-bond donors (Lipinski definition) is 3. The van der Waals surface area contributed by atoms with Gasteiger partial charge in [-0.15, -0.1) is 11.8 Å². The number of hydrogen-bond acceptors (Lipinski definition) is 4. The Hall–Kier alpha value is -1.72. The summed E-state index contributed by atoms with van der Waals surface area (Å²) in [5, 5.41) is 23.1. The predicted octanol–water partition coefficient (Wildman–Crippen LogP) is 2.41. The number of aliphatic hydroxyl groups excluding tert-OH is 1. The lowest BCUT2D eigenvalue weighted by Crippen LogP contribution is -2.13. The largest absolute Gasteiger partial charge is 0.409 e. The van der Waals surface area contributed by atoms with Gasteiger partial charge in [0.15, 0.2) is 5.84 Å². The fourth-order valence-electron chi connectivity index (χ4n) is 1.91. The van der Waals surface area contributed by atoms with Crippen LogP contribution in [0.4, 0.5) is 0 Å². The summed E-state index contributed by atoms with van der Waals surface area (Å²) in [6.07, 6.45) is 0. The van der Waals surface area contributed by atoms with E-state index in [1.807, 2.05) is 43.3 Å². The summed E-state index contributed by atoms with van der Waals surface area (Å²) in [5.74, 6) is 0.1000. The first-order valence-corrected chi connectivity index (χ1v) is 6.82. The molecule has 4 nitrogen and oxygen atoms in total. The van der Waals surface area contributed by atoms with E-state index in [9.17, 15) is 0 Å². The van der Waals surface area contributed by atoms with Crippen LogP contribution in [0.1, 0.15) is 12.5 Å². The Labute approximate surface area is 115 Å². The molecule has 100 valence electrons. The van der Waals surface area contributed by atoms with E-state index in [-0.39, 0.29) is 17.7 Å². The third-order valence-corrected chi connectivity index (χ3v) is 4.01. The molecule has 0 aliphatic rings. The first kappa shape index (κ1) is 13.7. The fourth-order valence-corrected chi connectivity index (χ4v) is 2.87. The van der Waals surface area contributed by atoms with Gasteiger partial charge in [0.2, 0.25) is 0 Å². The molecule has 0 amide bonds. The highest BCUT2D eigenvalue weighted by Crippen LogP contribution is 2.32. The van der Waals surface area contributed by atoms with E-state index < -0.39 is 0 Å². The smallest absolute Gasteiger partial charge is 0.170 e. The molecule has 4 N–H and O–H groups in total. The second-order valence-electron chi connectivity index (χ2n) is 4.25. The lowest BCUT2D eigenvalue weighted by Gasteiger charge is -2.12. The van der Waals surface area contributed by atoms with Crippen LogP contribution in [0.15, 0.2) is 46.4 Å². The lowest BCUT2D eigenvalue weighted by atomic mass is 10.0. The monoisotopic (exact) mass is 276 g/mol. The normalized spacial score (nSPS) is 13.7. The van der Waals surface area contributed by atoms with Gasteiger partial charge in [-0.05, 0) is 22.9 Å². The van der Waals surface area contributed by atoms with Crippen LogP contribution in [0.2, 0.25) is 0 Å². The van der Waals surface area contributed by atoms with Crippen molar-refractivity contribution in [3.8, 4) is 0 Å². The molecule has 0 radical (unpaired) electrons. The number of nitrogens with two attached hydrogens (primary N) is 1. The van der Waals surface area contributed by atoms with E-state index in [1.165, 1.54) is 0 Å². The van der Waals surface area contributed by atoms with Crippen molar-refractivity contribution in [1.82, 2.24) is 0 Å². The number of thioether (sulfide) groups is 1. The van der Waals surface area contributed by atoms with Crippen molar-refractivity contribution < 1.29 is 10.3 Å². The third-order valence-electron chi connectivity index (χ3n) is 2.85. The van der Waals surface area contributed by atoms with Crippen LogP contribution >= 0.6 is 11.8 Å². The average Bonchev–Trinajstić information content (AvgIpc) is 2.46. The molecule has 2 aromatic rings. The van der Waals surface area contributed by atoms with E-state index in [4.69, 9.17) is 16.0 Å². The molecule has 19 heavy (non-hydrogen) atoms. The maximum Gasteiger partial charge on any atom is 0.170 e. The SMILES string of the molecule is CC(CO)Sc1ccc(/C(N)=N/O)c2ccccc12. The number of aliphatic hydroxyl groups is 1. The average molecular weight is 276 g/mol. The van der Waals surface area contributed by atoms with Crippen molar-refractivity contribution in [3.05, 3.63) is 42.0 Å². The number of fused-ring (bicyclic) bond motifs is 1. The molecule has 0 spiro atoms. The highest BCUT2D eigenvalue weighted by atomic mass is 32.2. The molecule has 0 fully saturated rings. The summed E-state index contributed by atoms with van der Waals surface area (Å²) in [7, 11) is 0. The molecule has 5 heteroatoms. The zero-order valence-electron chi connectivity index (χ0n) is 10.6. The summed E-state index contributed by atoms with van der Waals surface area (Å²) in [6.45, 7) is 2.10. The minimum absolute atomic E-state index is 0.1000. The molecule has 0 saturated heterocycles. The Morgan fingerprint density at radius 3 is 2.58 bits per heavy atom. The van der Waals surface area contributed by atoms with Gasteiger partial charge in [0.1, 0.15) is 0 Å². The van der Waals surface area contributed by atoms with Gasteiger partial charge in [0.05, 0.1) is 6.61 Å². The van der Waals surface area contributed by atoms with Gasteiger partial charge >= 0.3 is 0 Å². The summed E-state index contributed by atoms with van der Waals surface area (Å²) in [4.78, 5) is 1.08. The predicted molar refractivity (Wildman–Crippen MR) is 78.9 cm³/mol. The number of benzene rings is 2. The summed E-state index contributed by atoms with van der Waals surface area (Å²) in [5.41, 5.74) is 6.40. The molecule has 1 unspecified atom stereocenters. The van der Waals surface area contributed by atoms with Crippen LogP contribution in [0.3, 0.4) is 0 Å². The summed E-state index contributed by atoms with van der Waals surface area (Å²) in [6, 6.07) is 11.6. The van der Waals surface area contributed by atoms with Crippen molar-refractivity contribution in [2.24, 2.45) is 10.9 Å². The topological polar surface area (TPSA) is 78.8 Å². The Balaban J connectivity index is 2.58. The zero-order chi connectivity index (χ0) is 13.8. The van der Waals surface area contributed by atoms with Crippen LogP contribution in [0.25, 0.3) is 10.8 Å². The van der Waals surface area contributed by atoms with Crippen molar-refractivity contribution in [2.75, 3.05) is 6.61 Å². The van der Waals surface area contributed by atoms with Gasteiger partial charge in [-0.25, -0.2) is 0 Å². The number of oxime groups is 1. The number of rotatable bonds is 4. The second kappa shape index (κ2) is 5.95. The lowest BCUT2D eigenvalue weighted by molar-refractivity contribution is 0.300. The molecule has 0 aromatic heterocycles. The molecule has 0 saturated carbocycles. The number of amidine groups is 1. The van der Waals surface area contributed by atoms with Gasteiger partial charge in [0.25, 0.3) is 0 Å². The molecule has 0 aliphatic heterocycles. The molecule has 2 rings (SSSR count). The van der Waals surface area contributed by atoms with Crippen LogP contribution in [0.5, 0.6) is 0 Å². The quantitative estimate of drug-likeness (QED) is 0.263. The first-order valence-electron chi connectivity index (χ1n) is 5.94. The maximum atomic E-state index is 9.16. The van der Waals surface area contributed by atoms with Crippen molar-refractivity contribution >= 4 is 28.4 Å². The van der Waals surface area contributed by atoms with Crippen LogP contribution in [-0.4, -0.2) is 28.0 Å². The Morgan fingerprint density at radius 2 is 1.95 bits per heavy atom. The molecular weight excluding hydrogens is 260 g/mol. The zero-order valence-corrected chi connectivity index (χ0v) is 11.4. The molecule has 0 heterocycles. The van der Waals surface area contributed by atoms with E-state index in [2.05, 4.69) is 5.16 Å². The Morgan fingerprint density at radius 1 is 1.26 bits per heavy atom. The van der Waals surface area contributed by atoms with Crippen LogP contribution in [0, 0.1) is 0 Å². The molecule has 0 aliphatic carbocycles. The van der Waals surface area contributed by atoms with Gasteiger partial charge in [-0.3, -0.25) is 0 Å². The number of nitrogens with zero attached hydrogens (tertiary/aromatic N) is 1. The Kier molecular flexibility index (Phi) is 4.29. The fraction of sp³-hybridized carbons (Fsp3) is 0.214. The standard InChI is InChI=1S/C14H16N2O2S/c1-9(8-17)19-13-7-6-12(14(15)16-18)10-4-2-3-5-11(10)13/h2-7,9,17-18H,8H2,1H3,(H2,15,16). The van der Waals surface area contributed by atoms with Crippen LogP contribution < -0.4 is 5.73 Å². The van der Waals surface area contributed by atoms with Crippen LogP contribution in [-0.2, 0) is 0 Å². The summed E-state index contributed by atoms with van der Waals surface area (Å²) < 4.78 is 0.